The number of nitrogens with two attached hydrogens (primary N) is 1. The summed E-state index contributed by atoms with van der Waals surface area (Å²) in [5.74, 6) is 3.25. The predicted octanol–water partition coefficient (Wildman–Crippen LogP) is 1.40. The fraction of sp³-hybridized carbons (Fsp3) is 0.455. The van der Waals surface area contributed by atoms with Gasteiger partial charge in [-0.3, -0.25) is 0 Å². The van der Waals surface area contributed by atoms with Gasteiger partial charge in [-0.15, -0.1) is 0 Å². The minimum atomic E-state index is -3.43. The molecule has 1 aliphatic rings. The molecule has 0 amide bonds. The quantitative estimate of drug-likeness (QED) is 0.823. The largest absolute Gasteiger partial charge is 0.399 e. The third-order valence-electron chi connectivity index (χ3n) is 2.55. The smallest absolute Gasteiger partial charge is 0.240 e. The highest BCUT2D eigenvalue weighted by Gasteiger charge is 2.19. The van der Waals surface area contributed by atoms with Gasteiger partial charge in [0.1, 0.15) is 0 Å². The zero-order chi connectivity index (χ0) is 13.0. The van der Waals surface area contributed by atoms with Crippen LogP contribution in [0.25, 0.3) is 0 Å². The van der Waals surface area contributed by atoms with E-state index in [9.17, 15) is 8.42 Å². The normalized spacial score (nSPS) is 20.8. The molecule has 1 saturated heterocycles. The van der Waals surface area contributed by atoms with Gasteiger partial charge in [0.25, 0.3) is 0 Å². The van der Waals surface area contributed by atoms with Crippen LogP contribution in [0.3, 0.4) is 0 Å². The van der Waals surface area contributed by atoms with Gasteiger partial charge in [0.2, 0.25) is 10.0 Å². The first kappa shape index (κ1) is 14.0. The molecule has 2 rings (SSSR count). The Hall–Kier alpha value is -0.370. The fourth-order valence-corrected chi connectivity index (χ4v) is 5.48. The summed E-state index contributed by atoms with van der Waals surface area (Å²) < 4.78 is 26.7. The lowest BCUT2D eigenvalue weighted by Gasteiger charge is -2.21. The molecule has 1 fully saturated rings. The first-order valence-electron chi connectivity index (χ1n) is 5.62. The van der Waals surface area contributed by atoms with Crippen molar-refractivity contribution in [1.82, 2.24) is 4.72 Å². The Kier molecular flexibility index (Phi) is 4.83. The van der Waals surface area contributed by atoms with Crippen molar-refractivity contribution in [1.29, 1.82) is 0 Å². The maximum Gasteiger partial charge on any atom is 0.240 e. The second-order valence-corrected chi connectivity index (χ2v) is 8.32. The number of sulfonamides is 1. The van der Waals surface area contributed by atoms with Crippen molar-refractivity contribution in [2.45, 2.75) is 10.1 Å². The van der Waals surface area contributed by atoms with Gasteiger partial charge in [-0.05, 0) is 18.2 Å². The SMILES string of the molecule is Nc1cccc(S(=O)(=O)NCC2CSCCS2)c1. The number of hydrogen-bond acceptors (Lipinski definition) is 5. The van der Waals surface area contributed by atoms with Gasteiger partial charge < -0.3 is 5.73 Å². The van der Waals surface area contributed by atoms with Crippen molar-refractivity contribution >= 4 is 39.2 Å². The maximum atomic E-state index is 12.0. The molecule has 0 aromatic heterocycles. The van der Waals surface area contributed by atoms with E-state index in [1.165, 1.54) is 6.07 Å². The molecule has 18 heavy (non-hydrogen) atoms. The van der Waals surface area contributed by atoms with Crippen LogP contribution in [-0.4, -0.2) is 37.5 Å². The summed E-state index contributed by atoms with van der Waals surface area (Å²) in [6.45, 7) is 0.481. The Bertz CT molecular complexity index is 499. The minimum absolute atomic E-state index is 0.232. The fourth-order valence-electron chi connectivity index (χ4n) is 1.62. The number of benzene rings is 1. The van der Waals surface area contributed by atoms with Gasteiger partial charge in [0.15, 0.2) is 0 Å². The molecule has 4 nitrogen and oxygen atoms in total. The molecule has 100 valence electrons. The van der Waals surface area contributed by atoms with Crippen LogP contribution in [-0.2, 0) is 10.0 Å². The molecule has 0 bridgehead atoms. The molecule has 1 aromatic carbocycles. The summed E-state index contributed by atoms with van der Waals surface area (Å²) in [5.41, 5.74) is 6.05. The second-order valence-electron chi connectivity index (χ2n) is 3.99. The molecule has 3 N–H and O–H groups in total. The molecule has 0 saturated carbocycles. The van der Waals surface area contributed by atoms with Crippen LogP contribution in [0.2, 0.25) is 0 Å². The number of nitrogen functional groups attached to an aromatic ring is 1. The van der Waals surface area contributed by atoms with Crippen LogP contribution in [0.1, 0.15) is 0 Å². The summed E-state index contributed by atoms with van der Waals surface area (Å²) in [4.78, 5) is 0.232. The molecular formula is C11H16N2O2S3. The molecule has 1 atom stereocenters. The lowest BCUT2D eigenvalue weighted by atomic mass is 10.3. The second kappa shape index (κ2) is 6.18. The zero-order valence-electron chi connectivity index (χ0n) is 9.83. The molecule has 1 heterocycles. The Morgan fingerprint density at radius 1 is 1.39 bits per heavy atom. The van der Waals surface area contributed by atoms with E-state index >= 15 is 0 Å². The third-order valence-corrected chi connectivity index (χ3v) is 6.82. The lowest BCUT2D eigenvalue weighted by Crippen LogP contribution is -2.33. The predicted molar refractivity (Wildman–Crippen MR) is 79.6 cm³/mol. The van der Waals surface area contributed by atoms with Crippen molar-refractivity contribution in [2.24, 2.45) is 0 Å². The maximum absolute atomic E-state index is 12.0. The van der Waals surface area contributed by atoms with E-state index in [1.54, 1.807) is 18.2 Å². The summed E-state index contributed by atoms with van der Waals surface area (Å²) in [7, 11) is -3.43. The van der Waals surface area contributed by atoms with Crippen molar-refractivity contribution in [2.75, 3.05) is 29.5 Å². The minimum Gasteiger partial charge on any atom is -0.399 e. The Labute approximate surface area is 116 Å². The lowest BCUT2D eigenvalue weighted by molar-refractivity contribution is 0.581. The van der Waals surface area contributed by atoms with Gasteiger partial charge >= 0.3 is 0 Å². The van der Waals surface area contributed by atoms with Crippen LogP contribution in [0, 0.1) is 0 Å². The van der Waals surface area contributed by atoms with Crippen molar-refractivity contribution in [3.63, 3.8) is 0 Å². The molecule has 1 unspecified atom stereocenters. The Morgan fingerprint density at radius 3 is 2.89 bits per heavy atom. The van der Waals surface area contributed by atoms with Gasteiger partial charge in [-0.2, -0.15) is 23.5 Å². The van der Waals surface area contributed by atoms with Crippen LogP contribution in [0.15, 0.2) is 29.2 Å². The van der Waals surface area contributed by atoms with E-state index in [1.807, 2.05) is 23.5 Å². The number of thioether (sulfide) groups is 2. The summed E-state index contributed by atoms with van der Waals surface area (Å²) >= 11 is 3.71. The van der Waals surface area contributed by atoms with Crippen molar-refractivity contribution in [3.05, 3.63) is 24.3 Å². The van der Waals surface area contributed by atoms with E-state index in [2.05, 4.69) is 4.72 Å². The Morgan fingerprint density at radius 2 is 2.22 bits per heavy atom. The van der Waals surface area contributed by atoms with E-state index in [4.69, 9.17) is 5.73 Å². The number of rotatable bonds is 4. The average molecular weight is 304 g/mol. The highest BCUT2D eigenvalue weighted by atomic mass is 32.2. The summed E-state index contributed by atoms with van der Waals surface area (Å²) in [6.07, 6.45) is 0. The molecule has 0 radical (unpaired) electrons. The van der Waals surface area contributed by atoms with Gasteiger partial charge in [-0.1, -0.05) is 6.07 Å². The zero-order valence-corrected chi connectivity index (χ0v) is 12.3. The van der Waals surface area contributed by atoms with E-state index in [-0.39, 0.29) is 4.90 Å². The summed E-state index contributed by atoms with van der Waals surface area (Å²) in [6, 6.07) is 6.36. The molecule has 1 aromatic rings. The highest BCUT2D eigenvalue weighted by Crippen LogP contribution is 2.23. The molecule has 0 spiro atoms. The monoisotopic (exact) mass is 304 g/mol. The highest BCUT2D eigenvalue weighted by molar-refractivity contribution is 8.06. The molecule has 1 aliphatic heterocycles. The van der Waals surface area contributed by atoms with Crippen LogP contribution >= 0.6 is 23.5 Å². The Balaban J connectivity index is 1.98. The van der Waals surface area contributed by atoms with Crippen LogP contribution < -0.4 is 10.5 Å². The molecule has 7 heteroatoms. The number of anilines is 1. The molecular weight excluding hydrogens is 288 g/mol. The summed E-state index contributed by atoms with van der Waals surface area (Å²) in [5, 5.41) is 0.361. The van der Waals surface area contributed by atoms with Crippen molar-refractivity contribution in [3.8, 4) is 0 Å². The van der Waals surface area contributed by atoms with Crippen LogP contribution in [0.5, 0.6) is 0 Å². The number of hydrogen-bond donors (Lipinski definition) is 2. The average Bonchev–Trinajstić information content (AvgIpc) is 2.38. The van der Waals surface area contributed by atoms with Gasteiger partial charge in [0.05, 0.1) is 4.90 Å². The van der Waals surface area contributed by atoms with E-state index < -0.39 is 10.0 Å². The van der Waals surface area contributed by atoms with Gasteiger partial charge in [0, 0.05) is 34.7 Å². The van der Waals surface area contributed by atoms with Crippen LogP contribution in [0.4, 0.5) is 5.69 Å². The topological polar surface area (TPSA) is 72.2 Å². The first-order chi connectivity index (χ1) is 8.58. The standard InChI is InChI=1S/C11H16N2O2S3/c12-9-2-1-3-11(6-9)18(14,15)13-7-10-8-16-4-5-17-10/h1-3,6,10,13H,4-5,7-8,12H2. The van der Waals surface area contributed by atoms with Crippen molar-refractivity contribution < 1.29 is 8.42 Å². The number of nitrogens with one attached hydrogen (secondary N) is 1. The van der Waals surface area contributed by atoms with E-state index in [0.29, 0.717) is 17.5 Å². The third kappa shape index (κ3) is 3.81. The first-order valence-corrected chi connectivity index (χ1v) is 9.31. The van der Waals surface area contributed by atoms with Gasteiger partial charge in [-0.25, -0.2) is 13.1 Å². The molecule has 0 aliphatic carbocycles. The van der Waals surface area contributed by atoms with E-state index in [0.717, 1.165) is 17.3 Å².